The van der Waals surface area contributed by atoms with E-state index in [-0.39, 0.29) is 19.3 Å². The Labute approximate surface area is 110 Å². The first kappa shape index (κ1) is 19.4. The summed E-state index contributed by atoms with van der Waals surface area (Å²) in [7, 11) is -0.801. The SMILES string of the molecule is O=C(O)CCP(CCC(=O)O)CCC(=O)O.OCl. The summed E-state index contributed by atoms with van der Waals surface area (Å²) >= 11 is 3.64. The van der Waals surface area contributed by atoms with E-state index in [1.165, 1.54) is 0 Å². The number of halogens is 1. The molecular weight excluding hydrogens is 287 g/mol. The highest BCUT2D eigenvalue weighted by molar-refractivity contribution is 7.57. The van der Waals surface area contributed by atoms with Gasteiger partial charge in [0.1, 0.15) is 0 Å². The van der Waals surface area contributed by atoms with Crippen molar-refractivity contribution in [1.82, 2.24) is 0 Å². The van der Waals surface area contributed by atoms with E-state index in [1.54, 1.807) is 0 Å². The molecule has 4 N–H and O–H groups in total. The quantitative estimate of drug-likeness (QED) is 0.467. The zero-order chi connectivity index (χ0) is 14.6. The monoisotopic (exact) mass is 302 g/mol. The van der Waals surface area contributed by atoms with E-state index in [1.807, 2.05) is 0 Å². The summed E-state index contributed by atoms with van der Waals surface area (Å²) in [6, 6.07) is 0. The van der Waals surface area contributed by atoms with Crippen LogP contribution < -0.4 is 0 Å². The maximum atomic E-state index is 10.4. The number of carboxylic acids is 3. The highest BCUT2D eigenvalue weighted by atomic mass is 35.5. The second-order valence-electron chi connectivity index (χ2n) is 3.27. The van der Waals surface area contributed by atoms with Crippen LogP contribution in [-0.4, -0.2) is 56.4 Å². The van der Waals surface area contributed by atoms with Gasteiger partial charge >= 0.3 is 17.9 Å². The molecule has 0 atom stereocenters. The number of hydrogen-bond donors (Lipinski definition) is 4. The lowest BCUT2D eigenvalue weighted by Gasteiger charge is -2.14. The third-order valence-corrected chi connectivity index (χ3v) is 4.49. The van der Waals surface area contributed by atoms with Gasteiger partial charge in [0.25, 0.3) is 0 Å². The Balaban J connectivity index is 0. The fraction of sp³-hybridized carbons (Fsp3) is 0.667. The molecule has 106 valence electrons. The second kappa shape index (κ2) is 12.5. The van der Waals surface area contributed by atoms with Crippen LogP contribution in [0.1, 0.15) is 19.3 Å². The Kier molecular flexibility index (Phi) is 13.5. The van der Waals surface area contributed by atoms with Gasteiger partial charge in [0.15, 0.2) is 0 Å². The minimum atomic E-state index is -0.932. The summed E-state index contributed by atoms with van der Waals surface area (Å²) in [4.78, 5) is 31.1. The van der Waals surface area contributed by atoms with Crippen molar-refractivity contribution < 1.29 is 34.4 Å². The molecule has 0 rings (SSSR count). The van der Waals surface area contributed by atoms with E-state index in [0.717, 1.165) is 0 Å². The molecule has 0 amide bonds. The van der Waals surface area contributed by atoms with Crippen LogP contribution in [0.25, 0.3) is 0 Å². The zero-order valence-corrected chi connectivity index (χ0v) is 11.2. The maximum Gasteiger partial charge on any atom is 0.303 e. The van der Waals surface area contributed by atoms with Gasteiger partial charge in [-0.2, -0.15) is 0 Å². The average Bonchev–Trinajstić information content (AvgIpc) is 2.29. The molecule has 0 saturated heterocycles. The van der Waals surface area contributed by atoms with Crippen molar-refractivity contribution in [2.75, 3.05) is 18.5 Å². The smallest absolute Gasteiger partial charge is 0.303 e. The van der Waals surface area contributed by atoms with Crippen LogP contribution in [0.5, 0.6) is 0 Å². The molecule has 0 aromatic rings. The van der Waals surface area contributed by atoms with Crippen molar-refractivity contribution in [3.8, 4) is 0 Å². The van der Waals surface area contributed by atoms with E-state index in [0.29, 0.717) is 18.5 Å². The van der Waals surface area contributed by atoms with Crippen LogP contribution >= 0.6 is 19.8 Å². The lowest BCUT2D eigenvalue weighted by molar-refractivity contribution is -0.137. The Hall–Kier alpha value is -0.910. The third kappa shape index (κ3) is 15.1. The second-order valence-corrected chi connectivity index (χ2v) is 5.96. The van der Waals surface area contributed by atoms with E-state index in [9.17, 15) is 14.4 Å². The Bertz CT molecular complexity index is 229. The largest absolute Gasteiger partial charge is 0.481 e. The van der Waals surface area contributed by atoms with Gasteiger partial charge in [0.2, 0.25) is 0 Å². The molecule has 7 nitrogen and oxygen atoms in total. The molecule has 0 saturated carbocycles. The van der Waals surface area contributed by atoms with Gasteiger partial charge in [-0.05, 0) is 18.5 Å². The predicted octanol–water partition coefficient (Wildman–Crippen LogP) is 1.02. The third-order valence-electron chi connectivity index (χ3n) is 1.93. The van der Waals surface area contributed by atoms with Crippen LogP contribution in [0.15, 0.2) is 0 Å². The van der Waals surface area contributed by atoms with Gasteiger partial charge in [-0.3, -0.25) is 19.0 Å². The zero-order valence-electron chi connectivity index (χ0n) is 9.58. The van der Waals surface area contributed by atoms with Crippen molar-refractivity contribution >= 4 is 37.7 Å². The summed E-state index contributed by atoms with van der Waals surface area (Å²) < 4.78 is 6.47. The Morgan fingerprint density at radius 3 is 1.11 bits per heavy atom. The Morgan fingerprint density at radius 2 is 0.944 bits per heavy atom. The van der Waals surface area contributed by atoms with Gasteiger partial charge < -0.3 is 15.3 Å². The predicted molar refractivity (Wildman–Crippen MR) is 66.4 cm³/mol. The lowest BCUT2D eigenvalue weighted by Crippen LogP contribution is -2.07. The first-order valence-electron chi connectivity index (χ1n) is 4.96. The van der Waals surface area contributed by atoms with Gasteiger partial charge in [0.05, 0.1) is 11.9 Å². The molecule has 0 heterocycles. The summed E-state index contributed by atoms with van der Waals surface area (Å²) in [5.74, 6) is -2.80. The number of aliphatic carboxylic acids is 3. The lowest BCUT2D eigenvalue weighted by atomic mass is 10.5. The fourth-order valence-corrected chi connectivity index (χ4v) is 3.29. The molecule has 0 aromatic carbocycles. The molecule has 0 radical (unpaired) electrons. The summed E-state index contributed by atoms with van der Waals surface area (Å²) in [6.07, 6.45) is 1.11. The summed E-state index contributed by atoms with van der Waals surface area (Å²) in [5.41, 5.74) is 0. The van der Waals surface area contributed by atoms with E-state index in [2.05, 4.69) is 11.9 Å². The average molecular weight is 303 g/mol. The van der Waals surface area contributed by atoms with Crippen molar-refractivity contribution in [3.05, 3.63) is 0 Å². The minimum absolute atomic E-state index is 0.0229. The Morgan fingerprint density at radius 1 is 0.722 bits per heavy atom. The molecule has 0 fully saturated rings. The van der Waals surface area contributed by atoms with Crippen molar-refractivity contribution in [2.24, 2.45) is 0 Å². The van der Waals surface area contributed by atoms with Crippen LogP contribution in [-0.2, 0) is 14.4 Å². The maximum absolute atomic E-state index is 10.4. The van der Waals surface area contributed by atoms with Gasteiger partial charge in [-0.1, -0.05) is 0 Å². The van der Waals surface area contributed by atoms with Crippen molar-refractivity contribution in [1.29, 1.82) is 0 Å². The summed E-state index contributed by atoms with van der Waals surface area (Å²) in [5, 5.41) is 25.5. The number of carboxylic acid groups (broad SMARTS) is 3. The number of rotatable bonds is 9. The van der Waals surface area contributed by atoms with Crippen LogP contribution in [0.4, 0.5) is 0 Å². The molecule has 9 heteroatoms. The molecule has 0 unspecified atom stereocenters. The van der Waals surface area contributed by atoms with Gasteiger partial charge in [0, 0.05) is 19.3 Å². The van der Waals surface area contributed by atoms with Crippen LogP contribution in [0.2, 0.25) is 0 Å². The first-order chi connectivity index (χ1) is 8.41. The molecule has 0 bridgehead atoms. The molecule has 0 aromatic heterocycles. The van der Waals surface area contributed by atoms with Crippen LogP contribution in [0, 0.1) is 0 Å². The molecule has 0 aliphatic heterocycles. The molecule has 0 aliphatic rings. The van der Waals surface area contributed by atoms with Crippen molar-refractivity contribution in [3.63, 3.8) is 0 Å². The van der Waals surface area contributed by atoms with E-state index in [4.69, 9.17) is 20.0 Å². The summed E-state index contributed by atoms with van der Waals surface area (Å²) in [6.45, 7) is 0. The normalized spacial score (nSPS) is 9.50. The first-order valence-corrected chi connectivity index (χ1v) is 7.20. The van der Waals surface area contributed by atoms with Gasteiger partial charge in [-0.25, -0.2) is 0 Å². The highest BCUT2D eigenvalue weighted by Gasteiger charge is 2.13. The molecule has 0 aliphatic carbocycles. The molecular formula is C9H16ClO7P. The fourth-order valence-electron chi connectivity index (χ4n) is 1.10. The standard InChI is InChI=1S/C9H15O6P.ClHO/c10-7(11)1-4-16(5-2-8(12)13)6-3-9(14)15;1-2/h1-6H2,(H,10,11)(H,12,13)(H,14,15);2H. The van der Waals surface area contributed by atoms with Gasteiger partial charge in [-0.15, -0.1) is 7.92 Å². The van der Waals surface area contributed by atoms with E-state index < -0.39 is 25.8 Å². The van der Waals surface area contributed by atoms with Crippen molar-refractivity contribution in [2.45, 2.75) is 19.3 Å². The minimum Gasteiger partial charge on any atom is -0.481 e. The molecule has 18 heavy (non-hydrogen) atoms. The molecule has 0 spiro atoms. The van der Waals surface area contributed by atoms with E-state index >= 15 is 0 Å². The highest BCUT2D eigenvalue weighted by Crippen LogP contribution is 2.37. The van der Waals surface area contributed by atoms with Crippen LogP contribution in [0.3, 0.4) is 0 Å². The number of carbonyl (C=O) groups is 3. The number of hydrogen-bond acceptors (Lipinski definition) is 4. The topological polar surface area (TPSA) is 132 Å².